The Kier molecular flexibility index (Phi) is 50.4. The van der Waals surface area contributed by atoms with Gasteiger partial charge >= 0.3 is 17.9 Å². The second-order valence-electron chi connectivity index (χ2n) is 17.7. The molecule has 0 rings (SSSR count). The summed E-state index contributed by atoms with van der Waals surface area (Å²) in [6.07, 6.45) is 68.9. The van der Waals surface area contributed by atoms with Crippen molar-refractivity contribution in [3.63, 3.8) is 0 Å². The van der Waals surface area contributed by atoms with Crippen molar-refractivity contribution in [2.75, 3.05) is 13.2 Å². The van der Waals surface area contributed by atoms with Crippen molar-refractivity contribution >= 4 is 17.9 Å². The Morgan fingerprint density at radius 1 is 0.323 bits per heavy atom. The van der Waals surface area contributed by atoms with Gasteiger partial charge in [-0.25, -0.2) is 0 Å². The van der Waals surface area contributed by atoms with E-state index in [0.29, 0.717) is 19.3 Å². The first-order valence-corrected chi connectivity index (χ1v) is 27.1. The highest BCUT2D eigenvalue weighted by atomic mass is 16.6. The fraction of sp³-hybridized carbons (Fsp3) is 0.712. The molecule has 1 atom stereocenters. The van der Waals surface area contributed by atoms with Gasteiger partial charge in [0.2, 0.25) is 0 Å². The van der Waals surface area contributed by atoms with Crippen molar-refractivity contribution in [3.05, 3.63) is 85.1 Å². The third-order valence-corrected chi connectivity index (χ3v) is 11.4. The standard InChI is InChI=1S/C59H100O6/c1-4-7-10-13-16-18-20-22-23-24-25-26-27-28-29-30-31-32-33-34-35-37-38-40-43-46-49-52-58(61)64-55-56(54-63-57(60)51-48-45-42-15-12-9-6-3)65-59(62)53-50-47-44-41-39-36-21-19-17-14-11-8-5-2/h7-8,10-11,16-19,22-23,25-26,36,39,56H,4-6,9,12-15,20-21,24,27-35,37-38,40-55H2,1-3H3/b10-7-,11-8-,18-16-,19-17-,23-22-,26-25-,39-36-. The molecule has 0 N–H and O–H groups in total. The summed E-state index contributed by atoms with van der Waals surface area (Å²) in [6.45, 7) is 6.34. The van der Waals surface area contributed by atoms with Crippen LogP contribution in [0.2, 0.25) is 0 Å². The average Bonchev–Trinajstić information content (AvgIpc) is 3.30. The van der Waals surface area contributed by atoms with Crippen molar-refractivity contribution < 1.29 is 28.6 Å². The molecule has 0 aliphatic rings. The van der Waals surface area contributed by atoms with E-state index in [2.05, 4.69) is 106 Å². The molecule has 0 fully saturated rings. The number of rotatable bonds is 48. The third kappa shape index (κ3) is 51.4. The Bertz CT molecular complexity index is 1270. The van der Waals surface area contributed by atoms with Gasteiger partial charge in [-0.1, -0.05) is 228 Å². The summed E-state index contributed by atoms with van der Waals surface area (Å²) in [5.41, 5.74) is 0. The molecule has 0 aliphatic heterocycles. The normalized spacial score (nSPS) is 12.7. The van der Waals surface area contributed by atoms with E-state index < -0.39 is 6.10 Å². The minimum Gasteiger partial charge on any atom is -0.462 e. The van der Waals surface area contributed by atoms with E-state index in [1.54, 1.807) is 0 Å². The van der Waals surface area contributed by atoms with Crippen LogP contribution < -0.4 is 0 Å². The van der Waals surface area contributed by atoms with Crippen LogP contribution in [-0.2, 0) is 28.6 Å². The lowest BCUT2D eigenvalue weighted by Gasteiger charge is -2.18. The van der Waals surface area contributed by atoms with Crippen molar-refractivity contribution in [2.24, 2.45) is 0 Å². The molecule has 0 bridgehead atoms. The van der Waals surface area contributed by atoms with Crippen LogP contribution in [0.15, 0.2) is 85.1 Å². The molecule has 0 saturated carbocycles. The Labute approximate surface area is 401 Å². The molecule has 0 aromatic carbocycles. The molecule has 0 amide bonds. The molecule has 0 aromatic heterocycles. The van der Waals surface area contributed by atoms with Gasteiger partial charge < -0.3 is 14.2 Å². The minimum absolute atomic E-state index is 0.0871. The number of ether oxygens (including phenoxy) is 3. The summed E-state index contributed by atoms with van der Waals surface area (Å²) in [6, 6.07) is 0. The zero-order valence-corrected chi connectivity index (χ0v) is 42.5. The summed E-state index contributed by atoms with van der Waals surface area (Å²) in [5, 5.41) is 0. The molecular formula is C59H100O6. The first kappa shape index (κ1) is 61.6. The van der Waals surface area contributed by atoms with E-state index in [1.165, 1.54) is 103 Å². The summed E-state index contributed by atoms with van der Waals surface area (Å²) < 4.78 is 16.7. The summed E-state index contributed by atoms with van der Waals surface area (Å²) >= 11 is 0. The maximum atomic E-state index is 12.7. The molecule has 0 radical (unpaired) electrons. The summed E-state index contributed by atoms with van der Waals surface area (Å²) in [7, 11) is 0. The summed E-state index contributed by atoms with van der Waals surface area (Å²) in [4.78, 5) is 37.8. The van der Waals surface area contributed by atoms with Gasteiger partial charge in [0.25, 0.3) is 0 Å². The van der Waals surface area contributed by atoms with Crippen LogP contribution in [0.1, 0.15) is 252 Å². The highest BCUT2D eigenvalue weighted by molar-refractivity contribution is 5.71. The maximum Gasteiger partial charge on any atom is 0.306 e. The largest absolute Gasteiger partial charge is 0.462 e. The first-order valence-electron chi connectivity index (χ1n) is 27.1. The smallest absolute Gasteiger partial charge is 0.306 e. The van der Waals surface area contributed by atoms with Crippen LogP contribution in [0.3, 0.4) is 0 Å². The third-order valence-electron chi connectivity index (χ3n) is 11.4. The topological polar surface area (TPSA) is 78.9 Å². The van der Waals surface area contributed by atoms with Gasteiger partial charge in [-0.3, -0.25) is 14.4 Å². The minimum atomic E-state index is -0.787. The molecule has 65 heavy (non-hydrogen) atoms. The lowest BCUT2D eigenvalue weighted by molar-refractivity contribution is -0.167. The molecule has 0 saturated heterocycles. The molecule has 0 aliphatic carbocycles. The van der Waals surface area contributed by atoms with E-state index in [9.17, 15) is 14.4 Å². The van der Waals surface area contributed by atoms with E-state index in [1.807, 2.05) is 0 Å². The number of carbonyl (C=O) groups is 3. The molecular weight excluding hydrogens is 805 g/mol. The van der Waals surface area contributed by atoms with Crippen molar-refractivity contribution in [1.29, 1.82) is 0 Å². The van der Waals surface area contributed by atoms with Crippen molar-refractivity contribution in [3.8, 4) is 0 Å². The lowest BCUT2D eigenvalue weighted by atomic mass is 10.0. The molecule has 6 nitrogen and oxygen atoms in total. The Hall–Kier alpha value is -3.41. The number of carbonyl (C=O) groups excluding carboxylic acids is 3. The fourth-order valence-electron chi connectivity index (χ4n) is 7.39. The highest BCUT2D eigenvalue weighted by Gasteiger charge is 2.19. The molecule has 6 heteroatoms. The number of unbranched alkanes of at least 4 members (excludes halogenated alkanes) is 23. The monoisotopic (exact) mass is 905 g/mol. The lowest BCUT2D eigenvalue weighted by Crippen LogP contribution is -2.30. The van der Waals surface area contributed by atoms with Crippen molar-refractivity contribution in [1.82, 2.24) is 0 Å². The Morgan fingerprint density at radius 3 is 0.954 bits per heavy atom. The first-order chi connectivity index (χ1) is 32.0. The van der Waals surface area contributed by atoms with Gasteiger partial charge in [-0.2, -0.15) is 0 Å². The van der Waals surface area contributed by atoms with Crippen LogP contribution in [0.4, 0.5) is 0 Å². The molecule has 0 spiro atoms. The van der Waals surface area contributed by atoms with E-state index in [0.717, 1.165) is 109 Å². The van der Waals surface area contributed by atoms with Crippen LogP contribution in [-0.4, -0.2) is 37.2 Å². The van der Waals surface area contributed by atoms with Crippen LogP contribution in [0.5, 0.6) is 0 Å². The fourth-order valence-corrected chi connectivity index (χ4v) is 7.39. The van der Waals surface area contributed by atoms with E-state index in [4.69, 9.17) is 14.2 Å². The van der Waals surface area contributed by atoms with Crippen LogP contribution in [0.25, 0.3) is 0 Å². The van der Waals surface area contributed by atoms with E-state index >= 15 is 0 Å². The number of hydrogen-bond acceptors (Lipinski definition) is 6. The van der Waals surface area contributed by atoms with Crippen LogP contribution >= 0.6 is 0 Å². The summed E-state index contributed by atoms with van der Waals surface area (Å²) in [5.74, 6) is -0.923. The molecule has 372 valence electrons. The maximum absolute atomic E-state index is 12.7. The van der Waals surface area contributed by atoms with Crippen LogP contribution in [0, 0.1) is 0 Å². The predicted octanol–water partition coefficient (Wildman–Crippen LogP) is 18.0. The Balaban J connectivity index is 4.12. The molecule has 0 aromatic rings. The molecule has 0 heterocycles. The highest BCUT2D eigenvalue weighted by Crippen LogP contribution is 2.15. The van der Waals surface area contributed by atoms with Gasteiger partial charge in [0.1, 0.15) is 13.2 Å². The zero-order valence-electron chi connectivity index (χ0n) is 42.5. The zero-order chi connectivity index (χ0) is 47.2. The van der Waals surface area contributed by atoms with E-state index in [-0.39, 0.29) is 31.1 Å². The Morgan fingerprint density at radius 2 is 0.600 bits per heavy atom. The number of hydrogen-bond donors (Lipinski definition) is 0. The quantitative estimate of drug-likeness (QED) is 0.0262. The number of allylic oxidation sites excluding steroid dienone is 14. The second-order valence-corrected chi connectivity index (χ2v) is 17.7. The second kappa shape index (κ2) is 53.2. The average molecular weight is 905 g/mol. The number of esters is 3. The van der Waals surface area contributed by atoms with Gasteiger partial charge in [-0.15, -0.1) is 0 Å². The van der Waals surface area contributed by atoms with Gasteiger partial charge in [-0.05, 0) is 89.9 Å². The molecule has 1 unspecified atom stereocenters. The predicted molar refractivity (Wildman–Crippen MR) is 279 cm³/mol. The van der Waals surface area contributed by atoms with Gasteiger partial charge in [0.05, 0.1) is 0 Å². The van der Waals surface area contributed by atoms with Crippen molar-refractivity contribution in [2.45, 2.75) is 258 Å². The van der Waals surface area contributed by atoms with Gasteiger partial charge in [0.15, 0.2) is 6.10 Å². The SMILES string of the molecule is CC/C=C\C/C=C\C/C=C\C/C=C\CCCCCCCCCCCCCCCCC(=O)OCC(COC(=O)CCCCCCCCC)OC(=O)CCCCC/C=C\C/C=C\C/C=C\CC. The van der Waals surface area contributed by atoms with Gasteiger partial charge in [0, 0.05) is 19.3 Å².